The second kappa shape index (κ2) is 6.02. The molecule has 0 bridgehead atoms. The van der Waals surface area contributed by atoms with Gasteiger partial charge < -0.3 is 4.98 Å². The van der Waals surface area contributed by atoms with Crippen LogP contribution in [-0.2, 0) is 0 Å². The van der Waals surface area contributed by atoms with E-state index in [0.717, 1.165) is 5.56 Å². The second-order valence-electron chi connectivity index (χ2n) is 4.80. The largest absolute Gasteiger partial charge is 0.345 e. The Morgan fingerprint density at radius 3 is 2.22 bits per heavy atom. The van der Waals surface area contributed by atoms with Crippen LogP contribution >= 0.6 is 11.6 Å². The molecule has 3 rings (SSSR count). The molecule has 0 aliphatic heterocycles. The molecule has 0 spiro atoms. The normalized spacial score (nSPS) is 10.5. The van der Waals surface area contributed by atoms with E-state index in [1.54, 1.807) is 42.5 Å². The molecule has 1 aromatic heterocycles. The quantitative estimate of drug-likeness (QED) is 0.587. The van der Waals surface area contributed by atoms with Crippen molar-refractivity contribution in [3.63, 3.8) is 0 Å². The summed E-state index contributed by atoms with van der Waals surface area (Å²) in [6.45, 7) is 0. The smallest absolute Gasteiger partial charge is 0.305 e. The Kier molecular flexibility index (Phi) is 3.91. The molecule has 1 heterocycles. The molecule has 0 aliphatic carbocycles. The molecule has 6 nitrogen and oxygen atoms in total. The third kappa shape index (κ3) is 3.27. The minimum absolute atomic E-state index is 0.0110. The molecule has 1 N–H and O–H groups in total. The van der Waals surface area contributed by atoms with Crippen molar-refractivity contribution in [3.05, 3.63) is 80.2 Å². The van der Waals surface area contributed by atoms with E-state index in [-0.39, 0.29) is 5.69 Å². The van der Waals surface area contributed by atoms with Gasteiger partial charge in [-0.15, -0.1) is 0 Å². The van der Waals surface area contributed by atoms with Gasteiger partial charge in [0, 0.05) is 22.7 Å². The van der Waals surface area contributed by atoms with Crippen molar-refractivity contribution in [2.24, 2.45) is 0 Å². The highest BCUT2D eigenvalue weighted by atomic mass is 35.5. The summed E-state index contributed by atoms with van der Waals surface area (Å²) in [5.74, 6) is 0. The molecule has 3 aromatic rings. The van der Waals surface area contributed by atoms with Crippen LogP contribution in [0.5, 0.6) is 0 Å². The lowest BCUT2D eigenvalue weighted by Gasteiger charge is -2.05. The highest BCUT2D eigenvalue weighted by Crippen LogP contribution is 2.24. The Labute approximate surface area is 135 Å². The van der Waals surface area contributed by atoms with Crippen molar-refractivity contribution >= 4 is 17.3 Å². The fourth-order valence-corrected chi connectivity index (χ4v) is 2.27. The first-order valence-corrected chi connectivity index (χ1v) is 7.03. The highest BCUT2D eigenvalue weighted by molar-refractivity contribution is 6.30. The Bertz CT molecular complexity index is 919. The van der Waals surface area contributed by atoms with Crippen LogP contribution in [0.3, 0.4) is 0 Å². The van der Waals surface area contributed by atoms with Crippen LogP contribution in [0, 0.1) is 10.1 Å². The van der Waals surface area contributed by atoms with Gasteiger partial charge in [-0.1, -0.05) is 23.7 Å². The molecule has 0 saturated carbocycles. The summed E-state index contributed by atoms with van der Waals surface area (Å²) in [7, 11) is 0. The molecule has 0 fully saturated rings. The van der Waals surface area contributed by atoms with E-state index in [1.807, 2.05) is 0 Å². The summed E-state index contributed by atoms with van der Waals surface area (Å²) in [4.78, 5) is 28.6. The number of H-pyrrole nitrogens is 1. The standard InChI is InChI=1S/C16H10ClN3O3/c17-12-5-1-10(2-6-12)14-9-15(19-16(21)18-14)11-3-7-13(8-4-11)20(22)23/h1-9H,(H,18,19,21). The molecule has 0 atom stereocenters. The highest BCUT2D eigenvalue weighted by Gasteiger charge is 2.08. The maximum atomic E-state index is 11.8. The summed E-state index contributed by atoms with van der Waals surface area (Å²) in [6, 6.07) is 14.6. The first-order valence-electron chi connectivity index (χ1n) is 6.65. The zero-order valence-electron chi connectivity index (χ0n) is 11.7. The van der Waals surface area contributed by atoms with Gasteiger partial charge in [0.05, 0.1) is 16.3 Å². The molecular weight excluding hydrogens is 318 g/mol. The number of benzene rings is 2. The molecule has 7 heteroatoms. The molecule has 0 saturated heterocycles. The molecule has 0 radical (unpaired) electrons. The van der Waals surface area contributed by atoms with Crippen LogP contribution < -0.4 is 5.69 Å². The summed E-state index contributed by atoms with van der Waals surface area (Å²) in [5.41, 5.74) is 1.94. The van der Waals surface area contributed by atoms with Crippen LogP contribution in [0.2, 0.25) is 5.02 Å². The number of nitro benzene ring substituents is 1. The SMILES string of the molecule is O=c1nc(-c2ccc(Cl)cc2)cc(-c2ccc([N+](=O)[O-])cc2)[nH]1. The molecule has 2 aromatic carbocycles. The second-order valence-corrected chi connectivity index (χ2v) is 5.23. The Morgan fingerprint density at radius 1 is 1.00 bits per heavy atom. The van der Waals surface area contributed by atoms with E-state index in [9.17, 15) is 14.9 Å². The number of nitrogens with zero attached hydrogens (tertiary/aromatic N) is 2. The van der Waals surface area contributed by atoms with Crippen LogP contribution in [0.15, 0.2) is 59.4 Å². The average Bonchev–Trinajstić information content (AvgIpc) is 2.55. The summed E-state index contributed by atoms with van der Waals surface area (Å²) < 4.78 is 0. The number of rotatable bonds is 3. The van der Waals surface area contributed by atoms with E-state index >= 15 is 0 Å². The van der Waals surface area contributed by atoms with Crippen molar-refractivity contribution in [3.8, 4) is 22.5 Å². The van der Waals surface area contributed by atoms with Crippen LogP contribution in [0.4, 0.5) is 5.69 Å². The third-order valence-electron chi connectivity index (χ3n) is 3.27. The van der Waals surface area contributed by atoms with Crippen molar-refractivity contribution in [1.29, 1.82) is 0 Å². The number of hydrogen-bond donors (Lipinski definition) is 1. The number of hydrogen-bond acceptors (Lipinski definition) is 4. The molecule has 0 unspecified atom stereocenters. The Balaban J connectivity index is 2.05. The van der Waals surface area contributed by atoms with Crippen molar-refractivity contribution in [2.75, 3.05) is 0 Å². The predicted octanol–water partition coefficient (Wildman–Crippen LogP) is 3.67. The molecule has 0 aliphatic rings. The van der Waals surface area contributed by atoms with Gasteiger partial charge in [-0.3, -0.25) is 10.1 Å². The first-order chi connectivity index (χ1) is 11.0. The van der Waals surface area contributed by atoms with Crippen LogP contribution in [0.1, 0.15) is 0 Å². The van der Waals surface area contributed by atoms with Crippen molar-refractivity contribution < 1.29 is 4.92 Å². The molecule has 0 amide bonds. The minimum Gasteiger partial charge on any atom is -0.305 e. The summed E-state index contributed by atoms with van der Waals surface area (Å²) in [6.07, 6.45) is 0. The fourth-order valence-electron chi connectivity index (χ4n) is 2.14. The Morgan fingerprint density at radius 2 is 1.61 bits per heavy atom. The van der Waals surface area contributed by atoms with Gasteiger partial charge in [0.15, 0.2) is 0 Å². The lowest BCUT2D eigenvalue weighted by atomic mass is 10.1. The number of aromatic nitrogens is 2. The van der Waals surface area contributed by atoms with Crippen molar-refractivity contribution in [1.82, 2.24) is 9.97 Å². The van der Waals surface area contributed by atoms with Gasteiger partial charge >= 0.3 is 5.69 Å². The predicted molar refractivity (Wildman–Crippen MR) is 87.4 cm³/mol. The first kappa shape index (κ1) is 14.9. The monoisotopic (exact) mass is 327 g/mol. The lowest BCUT2D eigenvalue weighted by molar-refractivity contribution is -0.384. The van der Waals surface area contributed by atoms with Gasteiger partial charge in [0.25, 0.3) is 5.69 Å². The lowest BCUT2D eigenvalue weighted by Crippen LogP contribution is -2.11. The van der Waals surface area contributed by atoms with E-state index < -0.39 is 10.6 Å². The van der Waals surface area contributed by atoms with Gasteiger partial charge in [0.1, 0.15) is 0 Å². The van der Waals surface area contributed by atoms with E-state index in [4.69, 9.17) is 11.6 Å². The fraction of sp³-hybridized carbons (Fsp3) is 0. The maximum Gasteiger partial charge on any atom is 0.345 e. The van der Waals surface area contributed by atoms with Crippen molar-refractivity contribution in [2.45, 2.75) is 0 Å². The summed E-state index contributed by atoms with van der Waals surface area (Å²) >= 11 is 5.85. The zero-order chi connectivity index (χ0) is 16.4. The average molecular weight is 328 g/mol. The number of nitrogens with one attached hydrogen (secondary N) is 1. The maximum absolute atomic E-state index is 11.8. The van der Waals surface area contributed by atoms with E-state index in [0.29, 0.717) is 22.0 Å². The van der Waals surface area contributed by atoms with E-state index in [1.165, 1.54) is 12.1 Å². The topological polar surface area (TPSA) is 88.9 Å². The van der Waals surface area contributed by atoms with Crippen LogP contribution in [0.25, 0.3) is 22.5 Å². The summed E-state index contributed by atoms with van der Waals surface area (Å²) in [5, 5.41) is 11.3. The number of nitro groups is 1. The minimum atomic E-state index is -0.495. The van der Waals surface area contributed by atoms with Gasteiger partial charge in [-0.2, -0.15) is 4.98 Å². The van der Waals surface area contributed by atoms with Gasteiger partial charge in [-0.05, 0) is 35.9 Å². The van der Waals surface area contributed by atoms with Gasteiger partial charge in [-0.25, -0.2) is 4.79 Å². The zero-order valence-corrected chi connectivity index (χ0v) is 12.4. The van der Waals surface area contributed by atoms with Gasteiger partial charge in [0.2, 0.25) is 0 Å². The van der Waals surface area contributed by atoms with E-state index in [2.05, 4.69) is 9.97 Å². The molecule has 23 heavy (non-hydrogen) atoms. The molecular formula is C16H10ClN3O3. The van der Waals surface area contributed by atoms with Crippen LogP contribution in [-0.4, -0.2) is 14.9 Å². The number of halogens is 1. The third-order valence-corrected chi connectivity index (χ3v) is 3.53. The number of aromatic amines is 1. The molecule has 114 valence electrons. The Hall–Kier alpha value is -2.99. The number of non-ortho nitro benzene ring substituents is 1.